The van der Waals surface area contributed by atoms with Gasteiger partial charge < -0.3 is 9.47 Å². The number of nitro groups is 1. The van der Waals surface area contributed by atoms with Crippen LogP contribution in [0.4, 0.5) is 10.8 Å². The summed E-state index contributed by atoms with van der Waals surface area (Å²) in [5.74, 6) is 0.986. The average molecular weight is 497 g/mol. The lowest BCUT2D eigenvalue weighted by molar-refractivity contribution is -0.384. The van der Waals surface area contributed by atoms with Gasteiger partial charge in [-0.3, -0.25) is 20.2 Å². The minimum absolute atomic E-state index is 0.00494. The van der Waals surface area contributed by atoms with Crippen LogP contribution in [0.2, 0.25) is 0 Å². The van der Waals surface area contributed by atoms with E-state index in [0.29, 0.717) is 44.5 Å². The van der Waals surface area contributed by atoms with Crippen LogP contribution in [0.25, 0.3) is 33.4 Å². The van der Waals surface area contributed by atoms with E-state index in [2.05, 4.69) is 10.3 Å². The van der Waals surface area contributed by atoms with Crippen LogP contribution in [0.5, 0.6) is 11.5 Å². The van der Waals surface area contributed by atoms with Gasteiger partial charge in [-0.2, -0.15) is 0 Å². The van der Waals surface area contributed by atoms with Crippen molar-refractivity contribution in [2.45, 2.75) is 0 Å². The summed E-state index contributed by atoms with van der Waals surface area (Å²) < 4.78 is 10.9. The van der Waals surface area contributed by atoms with Crippen LogP contribution in [-0.4, -0.2) is 27.6 Å². The number of nitro benzene ring substituents is 1. The zero-order chi connectivity index (χ0) is 24.6. The molecule has 36 heavy (non-hydrogen) atoms. The zero-order valence-electron chi connectivity index (χ0n) is 18.5. The Hall–Kier alpha value is -4.83. The largest absolute Gasteiger partial charge is 0.454 e. The molecule has 2 aromatic heterocycles. The Morgan fingerprint density at radius 3 is 2.53 bits per heavy atom. The quantitative estimate of drug-likeness (QED) is 0.237. The molecule has 6 rings (SSSR count). The number of hydrogen-bond acceptors (Lipinski definition) is 8. The fourth-order valence-electron chi connectivity index (χ4n) is 3.95. The molecule has 0 unspecified atom stereocenters. The standard InChI is InChI=1S/C26H16N4O5S/c31-25(29-26-28-22(13-36-26)15-5-8-17(9-6-15)30(32)33)19-12-21(27-20-4-2-1-3-18(19)20)16-7-10-23-24(11-16)35-14-34-23/h1-13H,14H2,(H,28,29,31). The molecule has 0 spiro atoms. The minimum Gasteiger partial charge on any atom is -0.454 e. The Kier molecular flexibility index (Phi) is 5.27. The molecule has 5 aromatic rings. The lowest BCUT2D eigenvalue weighted by atomic mass is 10.0. The van der Waals surface area contributed by atoms with Gasteiger partial charge in [0.2, 0.25) is 6.79 Å². The van der Waals surface area contributed by atoms with Gasteiger partial charge in [0, 0.05) is 34.0 Å². The normalized spacial score (nSPS) is 12.0. The van der Waals surface area contributed by atoms with Crippen LogP contribution in [0, 0.1) is 10.1 Å². The molecule has 9 nitrogen and oxygen atoms in total. The van der Waals surface area contributed by atoms with E-state index in [4.69, 9.17) is 14.5 Å². The molecule has 176 valence electrons. The lowest BCUT2D eigenvalue weighted by Gasteiger charge is -2.10. The van der Waals surface area contributed by atoms with Gasteiger partial charge >= 0.3 is 0 Å². The molecule has 10 heteroatoms. The van der Waals surface area contributed by atoms with Crippen LogP contribution in [0.15, 0.2) is 78.2 Å². The van der Waals surface area contributed by atoms with Crippen LogP contribution in [-0.2, 0) is 0 Å². The number of nitrogens with zero attached hydrogens (tertiary/aromatic N) is 3. The van der Waals surface area contributed by atoms with Crippen molar-refractivity contribution >= 4 is 39.0 Å². The second-order valence-corrected chi connectivity index (χ2v) is 8.79. The maximum absolute atomic E-state index is 13.4. The smallest absolute Gasteiger partial charge is 0.269 e. The highest BCUT2D eigenvalue weighted by Gasteiger charge is 2.18. The van der Waals surface area contributed by atoms with Crippen LogP contribution >= 0.6 is 11.3 Å². The molecule has 0 radical (unpaired) electrons. The van der Waals surface area contributed by atoms with Crippen molar-refractivity contribution in [1.29, 1.82) is 0 Å². The summed E-state index contributed by atoms with van der Waals surface area (Å²) in [5.41, 5.74) is 3.91. The number of carbonyl (C=O) groups is 1. The maximum atomic E-state index is 13.4. The number of nitrogens with one attached hydrogen (secondary N) is 1. The lowest BCUT2D eigenvalue weighted by Crippen LogP contribution is -2.13. The second-order valence-electron chi connectivity index (χ2n) is 7.94. The number of ether oxygens (including phenoxy) is 2. The van der Waals surface area contributed by atoms with Crippen molar-refractivity contribution in [1.82, 2.24) is 9.97 Å². The van der Waals surface area contributed by atoms with E-state index in [1.807, 2.05) is 42.5 Å². The Labute approximate surface area is 208 Å². The first kappa shape index (κ1) is 21.7. The number of para-hydroxylation sites is 1. The fraction of sp³-hybridized carbons (Fsp3) is 0.0385. The van der Waals surface area contributed by atoms with Crippen molar-refractivity contribution in [2.24, 2.45) is 0 Å². The SMILES string of the molecule is O=C(Nc1nc(-c2ccc([N+](=O)[O-])cc2)cs1)c1cc(-c2ccc3c(c2)OCO3)nc2ccccc12. The third kappa shape index (κ3) is 3.99. The number of anilines is 1. The van der Waals surface area contributed by atoms with E-state index in [0.717, 1.165) is 11.1 Å². The zero-order valence-corrected chi connectivity index (χ0v) is 19.3. The summed E-state index contributed by atoms with van der Waals surface area (Å²) in [6.45, 7) is 0.174. The molecule has 0 saturated carbocycles. The van der Waals surface area contributed by atoms with Gasteiger partial charge in [-0.05, 0) is 42.5 Å². The maximum Gasteiger partial charge on any atom is 0.269 e. The predicted octanol–water partition coefficient (Wildman–Crippen LogP) is 5.91. The van der Waals surface area contributed by atoms with Gasteiger partial charge in [-0.1, -0.05) is 18.2 Å². The van der Waals surface area contributed by atoms with Crippen LogP contribution in [0.3, 0.4) is 0 Å². The van der Waals surface area contributed by atoms with Crippen molar-refractivity contribution in [3.05, 3.63) is 93.9 Å². The van der Waals surface area contributed by atoms with Crippen molar-refractivity contribution in [3.8, 4) is 34.0 Å². The molecule has 1 aliphatic rings. The molecule has 3 aromatic carbocycles. The molecule has 1 amide bonds. The van der Waals surface area contributed by atoms with E-state index in [1.54, 1.807) is 23.6 Å². The Balaban J connectivity index is 1.32. The van der Waals surface area contributed by atoms with Gasteiger partial charge in [-0.15, -0.1) is 11.3 Å². The van der Waals surface area contributed by atoms with Gasteiger partial charge in [0.1, 0.15) is 0 Å². The average Bonchev–Trinajstić information content (AvgIpc) is 3.57. The van der Waals surface area contributed by atoms with E-state index in [9.17, 15) is 14.9 Å². The first-order valence-electron chi connectivity index (χ1n) is 10.9. The topological polar surface area (TPSA) is 116 Å². The van der Waals surface area contributed by atoms with Gasteiger partial charge in [0.25, 0.3) is 11.6 Å². The summed E-state index contributed by atoms with van der Waals surface area (Å²) in [6, 6.07) is 20.9. The number of carbonyl (C=O) groups excluding carboxylic acids is 1. The molecular weight excluding hydrogens is 480 g/mol. The van der Waals surface area contributed by atoms with Crippen LogP contribution in [0.1, 0.15) is 10.4 Å². The Morgan fingerprint density at radius 1 is 0.917 bits per heavy atom. The third-order valence-electron chi connectivity index (χ3n) is 5.73. The van der Waals surface area contributed by atoms with E-state index >= 15 is 0 Å². The number of non-ortho nitro benzene ring substituents is 1. The number of thiazole rings is 1. The number of fused-ring (bicyclic) bond motifs is 2. The fourth-order valence-corrected chi connectivity index (χ4v) is 4.66. The summed E-state index contributed by atoms with van der Waals surface area (Å²) in [5, 5.41) is 16.7. The first-order chi connectivity index (χ1) is 17.5. The van der Waals surface area contributed by atoms with Gasteiger partial charge in [0.15, 0.2) is 16.6 Å². The molecule has 0 aliphatic carbocycles. The monoisotopic (exact) mass is 496 g/mol. The predicted molar refractivity (Wildman–Crippen MR) is 135 cm³/mol. The van der Waals surface area contributed by atoms with Gasteiger partial charge in [-0.25, -0.2) is 9.97 Å². The highest BCUT2D eigenvalue weighted by molar-refractivity contribution is 7.14. The molecule has 0 atom stereocenters. The van der Waals surface area contributed by atoms with Crippen LogP contribution < -0.4 is 14.8 Å². The number of benzene rings is 3. The molecule has 0 fully saturated rings. The molecule has 1 aliphatic heterocycles. The van der Waals surface area contributed by atoms with Crippen molar-refractivity contribution in [3.63, 3.8) is 0 Å². The molecule has 0 bridgehead atoms. The minimum atomic E-state index is -0.451. The van der Waals surface area contributed by atoms with Crippen molar-refractivity contribution < 1.29 is 19.2 Å². The molecule has 3 heterocycles. The summed E-state index contributed by atoms with van der Waals surface area (Å²) in [6.07, 6.45) is 0. The number of aromatic nitrogens is 2. The number of amides is 1. The summed E-state index contributed by atoms with van der Waals surface area (Å²) >= 11 is 1.27. The molecule has 0 saturated heterocycles. The number of rotatable bonds is 5. The second kappa shape index (κ2) is 8.75. The number of pyridine rings is 1. The first-order valence-corrected chi connectivity index (χ1v) is 11.7. The number of hydrogen-bond donors (Lipinski definition) is 1. The highest BCUT2D eigenvalue weighted by atomic mass is 32.1. The summed E-state index contributed by atoms with van der Waals surface area (Å²) in [7, 11) is 0. The van der Waals surface area contributed by atoms with E-state index < -0.39 is 4.92 Å². The molecule has 1 N–H and O–H groups in total. The van der Waals surface area contributed by atoms with Gasteiger partial charge in [0.05, 0.1) is 27.4 Å². The van der Waals surface area contributed by atoms with Crippen molar-refractivity contribution in [2.75, 3.05) is 12.1 Å². The highest BCUT2D eigenvalue weighted by Crippen LogP contribution is 2.36. The van der Waals surface area contributed by atoms with E-state index in [-0.39, 0.29) is 18.4 Å². The molecular formula is C26H16N4O5S. The Morgan fingerprint density at radius 2 is 1.69 bits per heavy atom. The summed E-state index contributed by atoms with van der Waals surface area (Å²) in [4.78, 5) is 33.1. The Bertz CT molecular complexity index is 1650. The third-order valence-corrected chi connectivity index (χ3v) is 6.49. The van der Waals surface area contributed by atoms with E-state index in [1.165, 1.54) is 23.5 Å².